The number of pyridine rings is 1. The minimum absolute atomic E-state index is 0.254. The van der Waals surface area contributed by atoms with E-state index in [1.54, 1.807) is 18.5 Å². The highest BCUT2D eigenvalue weighted by atomic mass is 16.2. The third-order valence-corrected chi connectivity index (χ3v) is 3.52. The maximum atomic E-state index is 11.8. The Labute approximate surface area is 147 Å². The van der Waals surface area contributed by atoms with Gasteiger partial charge in [0, 0.05) is 24.7 Å². The molecular formula is C19H22N4O2. The average Bonchev–Trinajstić information content (AvgIpc) is 2.65. The minimum atomic E-state index is -0.428. The molecule has 1 heterocycles. The van der Waals surface area contributed by atoms with Gasteiger partial charge in [0.2, 0.25) is 11.8 Å². The number of hydrazone groups is 1. The highest BCUT2D eigenvalue weighted by molar-refractivity contribution is 5.97. The normalized spacial score (nSPS) is 11.0. The van der Waals surface area contributed by atoms with Crippen LogP contribution in [0.5, 0.6) is 0 Å². The van der Waals surface area contributed by atoms with E-state index in [0.717, 1.165) is 24.1 Å². The van der Waals surface area contributed by atoms with Gasteiger partial charge in [-0.3, -0.25) is 14.6 Å². The number of aromatic nitrogens is 1. The van der Waals surface area contributed by atoms with Crippen LogP contribution in [0.4, 0.5) is 0 Å². The fraction of sp³-hybridized carbons (Fsp3) is 0.263. The van der Waals surface area contributed by atoms with Crippen LogP contribution in [-0.4, -0.2) is 22.5 Å². The lowest BCUT2D eigenvalue weighted by Gasteiger charge is -2.05. The third kappa shape index (κ3) is 7.39. The van der Waals surface area contributed by atoms with Gasteiger partial charge in [0.25, 0.3) is 0 Å². The van der Waals surface area contributed by atoms with Crippen molar-refractivity contribution >= 4 is 17.5 Å². The predicted molar refractivity (Wildman–Crippen MR) is 96.7 cm³/mol. The molecule has 0 fully saturated rings. The topological polar surface area (TPSA) is 83.5 Å². The van der Waals surface area contributed by atoms with Crippen molar-refractivity contribution in [2.75, 3.05) is 0 Å². The fourth-order valence-electron chi connectivity index (χ4n) is 2.13. The van der Waals surface area contributed by atoms with Crippen LogP contribution in [0, 0.1) is 0 Å². The van der Waals surface area contributed by atoms with Crippen molar-refractivity contribution in [2.24, 2.45) is 5.10 Å². The number of amides is 2. The monoisotopic (exact) mass is 338 g/mol. The van der Waals surface area contributed by atoms with E-state index in [-0.39, 0.29) is 12.3 Å². The molecule has 0 radical (unpaired) electrons. The Morgan fingerprint density at radius 1 is 1.04 bits per heavy atom. The molecule has 1 aromatic carbocycles. The molecule has 0 spiro atoms. The first-order chi connectivity index (χ1) is 12.1. The molecule has 6 heteroatoms. The molecule has 130 valence electrons. The standard InChI is InChI=1S/C19H22N4O2/c1-15(9-10-16-6-3-2-4-7-16)22-23-19(25)12-18(24)21-14-17-8-5-11-20-13-17/h2-8,11,13H,9-10,12,14H2,1H3,(H,21,24)(H,23,25)/b22-15-. The smallest absolute Gasteiger partial charge is 0.249 e. The second-order valence-electron chi connectivity index (χ2n) is 5.68. The number of hydrogen-bond acceptors (Lipinski definition) is 4. The lowest BCUT2D eigenvalue weighted by molar-refractivity contribution is -0.129. The summed E-state index contributed by atoms with van der Waals surface area (Å²) in [6, 6.07) is 13.7. The van der Waals surface area contributed by atoms with E-state index < -0.39 is 5.91 Å². The molecule has 25 heavy (non-hydrogen) atoms. The number of carbonyl (C=O) groups is 2. The van der Waals surface area contributed by atoms with Gasteiger partial charge in [-0.05, 0) is 37.0 Å². The van der Waals surface area contributed by atoms with Gasteiger partial charge >= 0.3 is 0 Å². The number of benzene rings is 1. The lowest BCUT2D eigenvalue weighted by Crippen LogP contribution is -2.30. The highest BCUT2D eigenvalue weighted by Gasteiger charge is 2.08. The molecule has 2 rings (SSSR count). The Balaban J connectivity index is 1.67. The summed E-state index contributed by atoms with van der Waals surface area (Å²) in [7, 11) is 0. The zero-order valence-electron chi connectivity index (χ0n) is 14.2. The SMILES string of the molecule is C/C(CCc1ccccc1)=N/NC(=O)CC(=O)NCc1cccnc1. The van der Waals surface area contributed by atoms with E-state index in [1.807, 2.05) is 31.2 Å². The molecule has 2 amide bonds. The Hall–Kier alpha value is -3.02. The number of nitrogens with one attached hydrogen (secondary N) is 2. The van der Waals surface area contributed by atoms with Crippen LogP contribution < -0.4 is 10.7 Å². The molecule has 1 aromatic heterocycles. The minimum Gasteiger partial charge on any atom is -0.352 e. The van der Waals surface area contributed by atoms with Gasteiger partial charge in [-0.2, -0.15) is 5.10 Å². The summed E-state index contributed by atoms with van der Waals surface area (Å²) in [5.41, 5.74) is 5.34. The van der Waals surface area contributed by atoms with Crippen LogP contribution >= 0.6 is 0 Å². The maximum Gasteiger partial charge on any atom is 0.249 e. The third-order valence-electron chi connectivity index (χ3n) is 3.52. The zero-order valence-corrected chi connectivity index (χ0v) is 14.2. The van der Waals surface area contributed by atoms with E-state index >= 15 is 0 Å². The van der Waals surface area contributed by atoms with Crippen molar-refractivity contribution in [3.63, 3.8) is 0 Å². The second-order valence-corrected chi connectivity index (χ2v) is 5.68. The quantitative estimate of drug-likeness (QED) is 0.440. The van der Waals surface area contributed by atoms with Crippen LogP contribution in [0.1, 0.15) is 30.9 Å². The zero-order chi connectivity index (χ0) is 17.9. The van der Waals surface area contributed by atoms with Crippen molar-refractivity contribution < 1.29 is 9.59 Å². The van der Waals surface area contributed by atoms with Crippen LogP contribution in [0.3, 0.4) is 0 Å². The molecule has 2 aromatic rings. The maximum absolute atomic E-state index is 11.8. The first kappa shape index (κ1) is 18.3. The number of aryl methyl sites for hydroxylation is 1. The Morgan fingerprint density at radius 3 is 2.52 bits per heavy atom. The van der Waals surface area contributed by atoms with Gasteiger partial charge in [-0.1, -0.05) is 36.4 Å². The summed E-state index contributed by atoms with van der Waals surface area (Å²) < 4.78 is 0. The van der Waals surface area contributed by atoms with Gasteiger partial charge in [0.1, 0.15) is 6.42 Å². The van der Waals surface area contributed by atoms with E-state index in [4.69, 9.17) is 0 Å². The molecule has 0 saturated carbocycles. The molecular weight excluding hydrogens is 316 g/mol. The molecule has 0 bridgehead atoms. The van der Waals surface area contributed by atoms with Crippen LogP contribution in [0.2, 0.25) is 0 Å². The van der Waals surface area contributed by atoms with Crippen molar-refractivity contribution in [1.29, 1.82) is 0 Å². The van der Waals surface area contributed by atoms with Crippen LogP contribution in [0.25, 0.3) is 0 Å². The first-order valence-corrected chi connectivity index (χ1v) is 8.15. The van der Waals surface area contributed by atoms with E-state index in [2.05, 4.69) is 33.0 Å². The Bertz CT molecular complexity index is 715. The summed E-state index contributed by atoms with van der Waals surface area (Å²) in [6.45, 7) is 2.20. The van der Waals surface area contributed by atoms with E-state index in [9.17, 15) is 9.59 Å². The molecule has 6 nitrogen and oxygen atoms in total. The molecule has 0 aliphatic heterocycles. The fourth-order valence-corrected chi connectivity index (χ4v) is 2.13. The van der Waals surface area contributed by atoms with Crippen molar-refractivity contribution in [3.05, 3.63) is 66.0 Å². The molecule has 0 aliphatic carbocycles. The summed E-state index contributed by atoms with van der Waals surface area (Å²) in [6.07, 6.45) is 4.68. The molecule has 2 N–H and O–H groups in total. The van der Waals surface area contributed by atoms with E-state index in [0.29, 0.717) is 6.54 Å². The van der Waals surface area contributed by atoms with Gasteiger partial charge < -0.3 is 5.32 Å². The largest absolute Gasteiger partial charge is 0.352 e. The molecule has 0 unspecified atom stereocenters. The summed E-state index contributed by atoms with van der Waals surface area (Å²) >= 11 is 0. The van der Waals surface area contributed by atoms with Gasteiger partial charge in [-0.25, -0.2) is 5.43 Å². The van der Waals surface area contributed by atoms with Crippen LogP contribution in [-0.2, 0) is 22.6 Å². The van der Waals surface area contributed by atoms with Crippen molar-refractivity contribution in [3.8, 4) is 0 Å². The predicted octanol–water partition coefficient (Wildman–Crippen LogP) is 2.21. The summed E-state index contributed by atoms with van der Waals surface area (Å²) in [4.78, 5) is 27.5. The second kappa shape index (κ2) is 9.97. The number of rotatable bonds is 8. The lowest BCUT2D eigenvalue weighted by atomic mass is 10.1. The number of hydrogen-bond donors (Lipinski definition) is 2. The molecule has 0 aliphatic rings. The van der Waals surface area contributed by atoms with Gasteiger partial charge in [-0.15, -0.1) is 0 Å². The first-order valence-electron chi connectivity index (χ1n) is 8.15. The summed E-state index contributed by atoms with van der Waals surface area (Å²) in [5, 5.41) is 6.71. The highest BCUT2D eigenvalue weighted by Crippen LogP contribution is 2.03. The van der Waals surface area contributed by atoms with Crippen molar-refractivity contribution in [1.82, 2.24) is 15.7 Å². The Kier molecular flexibility index (Phi) is 7.31. The number of carbonyl (C=O) groups excluding carboxylic acids is 2. The van der Waals surface area contributed by atoms with Crippen LogP contribution in [0.15, 0.2) is 60.0 Å². The average molecular weight is 338 g/mol. The molecule has 0 atom stereocenters. The van der Waals surface area contributed by atoms with E-state index in [1.165, 1.54) is 5.56 Å². The Morgan fingerprint density at radius 2 is 1.80 bits per heavy atom. The van der Waals surface area contributed by atoms with Crippen molar-refractivity contribution in [2.45, 2.75) is 32.7 Å². The molecule has 0 saturated heterocycles. The summed E-state index contributed by atoms with van der Waals surface area (Å²) in [5.74, 6) is -0.777. The van der Waals surface area contributed by atoms with Gasteiger partial charge in [0.05, 0.1) is 0 Å². The number of nitrogens with zero attached hydrogens (tertiary/aromatic N) is 2. The van der Waals surface area contributed by atoms with Gasteiger partial charge in [0.15, 0.2) is 0 Å².